The first-order valence-electron chi connectivity index (χ1n) is 4.65. The summed E-state index contributed by atoms with van der Waals surface area (Å²) >= 11 is 0. The SMILES string of the molecule is N#Cc1ccc(OCC2CC2)cc1O. The summed E-state index contributed by atoms with van der Waals surface area (Å²) in [5.74, 6) is 1.31. The van der Waals surface area contributed by atoms with Gasteiger partial charge in [0.2, 0.25) is 0 Å². The van der Waals surface area contributed by atoms with E-state index in [4.69, 9.17) is 10.00 Å². The third kappa shape index (κ3) is 1.97. The van der Waals surface area contributed by atoms with Crippen LogP contribution < -0.4 is 4.74 Å². The van der Waals surface area contributed by atoms with Crippen LogP contribution in [0, 0.1) is 17.2 Å². The predicted molar refractivity (Wildman–Crippen MR) is 51.0 cm³/mol. The van der Waals surface area contributed by atoms with Gasteiger partial charge in [0.15, 0.2) is 0 Å². The lowest BCUT2D eigenvalue weighted by atomic mass is 10.2. The molecule has 1 aromatic carbocycles. The van der Waals surface area contributed by atoms with Crippen LogP contribution in [-0.4, -0.2) is 11.7 Å². The van der Waals surface area contributed by atoms with Crippen molar-refractivity contribution in [2.24, 2.45) is 5.92 Å². The summed E-state index contributed by atoms with van der Waals surface area (Å²) in [5, 5.41) is 18.0. The zero-order valence-electron chi connectivity index (χ0n) is 7.73. The summed E-state index contributed by atoms with van der Waals surface area (Å²) in [6.07, 6.45) is 2.48. The Morgan fingerprint density at radius 3 is 2.86 bits per heavy atom. The van der Waals surface area contributed by atoms with Crippen LogP contribution >= 0.6 is 0 Å². The molecular formula is C11H11NO2. The Labute approximate surface area is 82.6 Å². The van der Waals surface area contributed by atoms with Gasteiger partial charge in [0.1, 0.15) is 17.6 Å². The van der Waals surface area contributed by atoms with E-state index >= 15 is 0 Å². The average Bonchev–Trinajstić information content (AvgIpc) is 2.98. The fourth-order valence-electron chi connectivity index (χ4n) is 1.19. The lowest BCUT2D eigenvalue weighted by Crippen LogP contribution is -1.98. The fourth-order valence-corrected chi connectivity index (χ4v) is 1.19. The smallest absolute Gasteiger partial charge is 0.137 e. The summed E-state index contributed by atoms with van der Waals surface area (Å²) < 4.78 is 5.44. The quantitative estimate of drug-likeness (QED) is 0.791. The first-order valence-corrected chi connectivity index (χ1v) is 4.65. The fraction of sp³-hybridized carbons (Fsp3) is 0.364. The van der Waals surface area contributed by atoms with Gasteiger partial charge in [-0.15, -0.1) is 0 Å². The molecule has 14 heavy (non-hydrogen) atoms. The minimum Gasteiger partial charge on any atom is -0.506 e. The molecule has 0 bridgehead atoms. The van der Waals surface area contributed by atoms with Crippen LogP contribution in [0.2, 0.25) is 0 Å². The van der Waals surface area contributed by atoms with Crippen LogP contribution in [0.1, 0.15) is 18.4 Å². The molecule has 3 heteroatoms. The van der Waals surface area contributed by atoms with E-state index in [2.05, 4.69) is 0 Å². The maximum absolute atomic E-state index is 9.37. The van der Waals surface area contributed by atoms with Crippen molar-refractivity contribution in [1.82, 2.24) is 0 Å². The molecule has 0 aromatic heterocycles. The Morgan fingerprint density at radius 2 is 2.29 bits per heavy atom. The van der Waals surface area contributed by atoms with E-state index in [9.17, 15) is 5.11 Å². The van der Waals surface area contributed by atoms with Crippen molar-refractivity contribution in [3.8, 4) is 17.6 Å². The van der Waals surface area contributed by atoms with Crippen molar-refractivity contribution < 1.29 is 9.84 Å². The van der Waals surface area contributed by atoms with Crippen molar-refractivity contribution >= 4 is 0 Å². The van der Waals surface area contributed by atoms with Crippen molar-refractivity contribution in [3.63, 3.8) is 0 Å². The number of rotatable bonds is 3. The van der Waals surface area contributed by atoms with Crippen LogP contribution in [0.4, 0.5) is 0 Å². The molecule has 0 saturated heterocycles. The first kappa shape index (κ1) is 8.89. The van der Waals surface area contributed by atoms with E-state index in [0.29, 0.717) is 18.3 Å². The summed E-state index contributed by atoms with van der Waals surface area (Å²) in [4.78, 5) is 0. The molecule has 0 atom stereocenters. The molecule has 1 saturated carbocycles. The van der Waals surface area contributed by atoms with Gasteiger partial charge in [-0.3, -0.25) is 0 Å². The highest BCUT2D eigenvalue weighted by atomic mass is 16.5. The Bertz CT molecular complexity index is 377. The number of nitriles is 1. The number of nitrogens with zero attached hydrogens (tertiary/aromatic N) is 1. The number of hydrogen-bond acceptors (Lipinski definition) is 3. The average molecular weight is 189 g/mol. The van der Waals surface area contributed by atoms with Crippen LogP contribution in [0.3, 0.4) is 0 Å². The Morgan fingerprint density at radius 1 is 1.50 bits per heavy atom. The molecule has 72 valence electrons. The summed E-state index contributed by atoms with van der Waals surface area (Å²) in [5.41, 5.74) is 0.281. The molecule has 1 fully saturated rings. The molecule has 1 aromatic rings. The molecule has 0 amide bonds. The van der Waals surface area contributed by atoms with E-state index < -0.39 is 0 Å². The number of phenols is 1. The summed E-state index contributed by atoms with van der Waals surface area (Å²) in [6, 6.07) is 6.66. The predicted octanol–water partition coefficient (Wildman–Crippen LogP) is 2.05. The van der Waals surface area contributed by atoms with Gasteiger partial charge in [-0.05, 0) is 30.9 Å². The monoisotopic (exact) mass is 189 g/mol. The van der Waals surface area contributed by atoms with Gasteiger partial charge < -0.3 is 9.84 Å². The number of hydrogen-bond donors (Lipinski definition) is 1. The van der Waals surface area contributed by atoms with Gasteiger partial charge in [0, 0.05) is 6.07 Å². The minimum atomic E-state index is -0.0132. The molecule has 1 N–H and O–H groups in total. The second-order valence-corrected chi connectivity index (χ2v) is 3.55. The van der Waals surface area contributed by atoms with E-state index in [1.165, 1.54) is 18.9 Å². The molecule has 0 heterocycles. The van der Waals surface area contributed by atoms with Crippen LogP contribution in [0.25, 0.3) is 0 Å². The number of aromatic hydroxyl groups is 1. The molecule has 1 aliphatic carbocycles. The molecule has 0 unspecified atom stereocenters. The molecule has 1 aliphatic rings. The van der Waals surface area contributed by atoms with Gasteiger partial charge in [-0.2, -0.15) is 5.26 Å². The van der Waals surface area contributed by atoms with Crippen LogP contribution in [0.5, 0.6) is 11.5 Å². The zero-order valence-corrected chi connectivity index (χ0v) is 7.73. The van der Waals surface area contributed by atoms with E-state index in [1.807, 2.05) is 6.07 Å². The first-order chi connectivity index (χ1) is 6.79. The van der Waals surface area contributed by atoms with Crippen molar-refractivity contribution in [2.75, 3.05) is 6.61 Å². The summed E-state index contributed by atoms with van der Waals surface area (Å²) in [7, 11) is 0. The van der Waals surface area contributed by atoms with Crippen LogP contribution in [-0.2, 0) is 0 Å². The number of benzene rings is 1. The molecule has 3 nitrogen and oxygen atoms in total. The highest BCUT2D eigenvalue weighted by Gasteiger charge is 2.21. The highest BCUT2D eigenvalue weighted by molar-refractivity contribution is 5.46. The second kappa shape index (κ2) is 3.59. The van der Waals surface area contributed by atoms with Gasteiger partial charge in [-0.25, -0.2) is 0 Å². The van der Waals surface area contributed by atoms with Gasteiger partial charge >= 0.3 is 0 Å². The normalized spacial score (nSPS) is 14.8. The highest BCUT2D eigenvalue weighted by Crippen LogP contribution is 2.30. The van der Waals surface area contributed by atoms with E-state index in [-0.39, 0.29) is 11.3 Å². The van der Waals surface area contributed by atoms with Gasteiger partial charge in [-0.1, -0.05) is 0 Å². The Balaban J connectivity index is 2.03. The Hall–Kier alpha value is -1.69. The third-order valence-corrected chi connectivity index (χ3v) is 2.27. The van der Waals surface area contributed by atoms with Crippen molar-refractivity contribution in [2.45, 2.75) is 12.8 Å². The second-order valence-electron chi connectivity index (χ2n) is 3.55. The minimum absolute atomic E-state index is 0.0132. The zero-order chi connectivity index (χ0) is 9.97. The largest absolute Gasteiger partial charge is 0.506 e. The molecule has 2 rings (SSSR count). The van der Waals surface area contributed by atoms with E-state index in [1.54, 1.807) is 12.1 Å². The molecule has 0 aliphatic heterocycles. The molecule has 0 radical (unpaired) electrons. The van der Waals surface area contributed by atoms with Gasteiger partial charge in [0.25, 0.3) is 0 Å². The lowest BCUT2D eigenvalue weighted by molar-refractivity contribution is 0.298. The standard InChI is InChI=1S/C11H11NO2/c12-6-9-3-4-10(5-11(9)13)14-7-8-1-2-8/h3-5,8,13H,1-2,7H2. The van der Waals surface area contributed by atoms with Gasteiger partial charge in [0.05, 0.1) is 12.2 Å². The van der Waals surface area contributed by atoms with E-state index in [0.717, 1.165) is 0 Å². The van der Waals surface area contributed by atoms with Crippen molar-refractivity contribution in [1.29, 1.82) is 5.26 Å². The Kier molecular flexibility index (Phi) is 2.28. The molecular weight excluding hydrogens is 178 g/mol. The topological polar surface area (TPSA) is 53.2 Å². The van der Waals surface area contributed by atoms with Crippen molar-refractivity contribution in [3.05, 3.63) is 23.8 Å². The summed E-state index contributed by atoms with van der Waals surface area (Å²) in [6.45, 7) is 0.714. The lowest BCUT2D eigenvalue weighted by Gasteiger charge is -2.05. The van der Waals surface area contributed by atoms with Crippen LogP contribution in [0.15, 0.2) is 18.2 Å². The maximum atomic E-state index is 9.37. The number of ether oxygens (including phenoxy) is 1. The number of phenolic OH excluding ortho intramolecular Hbond substituents is 1. The maximum Gasteiger partial charge on any atom is 0.137 e. The molecule has 0 spiro atoms. The third-order valence-electron chi connectivity index (χ3n) is 2.27.